The Kier molecular flexibility index (Phi) is 7.98. The Balaban J connectivity index is 0.000000494. The van der Waals surface area contributed by atoms with Crippen LogP contribution in [-0.4, -0.2) is 26.3 Å². The van der Waals surface area contributed by atoms with E-state index in [0.29, 0.717) is 0 Å². The van der Waals surface area contributed by atoms with Crippen LogP contribution < -0.4 is 11.1 Å². The first-order chi connectivity index (χ1) is 8.18. The molecule has 1 heterocycles. The SMILES string of the molecule is NC(=[SH+])[N-][N+](=[Fe])C=C1C=CC=CN1.O=S(=O)(O)O. The fourth-order valence-electron chi connectivity index (χ4n) is 0.723. The van der Waals surface area contributed by atoms with Gasteiger partial charge < -0.3 is 0 Å². The quantitative estimate of drug-likeness (QED) is 0.131. The van der Waals surface area contributed by atoms with Gasteiger partial charge in [0, 0.05) is 0 Å². The van der Waals surface area contributed by atoms with E-state index in [4.69, 9.17) is 23.3 Å². The second-order valence-corrected chi connectivity index (χ2v) is 4.49. The van der Waals surface area contributed by atoms with Gasteiger partial charge in [0.05, 0.1) is 0 Å². The van der Waals surface area contributed by atoms with Gasteiger partial charge in [0.1, 0.15) is 0 Å². The third-order valence-corrected chi connectivity index (χ3v) is 1.51. The largest absolute Gasteiger partial charge is 0.394 e. The fraction of sp³-hybridized carbons (Fsp3) is 0. The van der Waals surface area contributed by atoms with Gasteiger partial charge >= 0.3 is 100 Å². The summed E-state index contributed by atoms with van der Waals surface area (Å²) < 4.78 is 32.9. The first kappa shape index (κ1) is 17.2. The zero-order valence-electron chi connectivity index (χ0n) is 8.78. The number of nitrogens with one attached hydrogen (secondary N) is 1. The van der Waals surface area contributed by atoms with E-state index in [1.54, 1.807) is 6.20 Å². The van der Waals surface area contributed by atoms with E-state index in [9.17, 15) is 0 Å². The van der Waals surface area contributed by atoms with E-state index < -0.39 is 10.4 Å². The molecule has 0 aromatic rings. The molecule has 0 amide bonds. The normalized spacial score (nSPS) is 15.7. The average Bonchev–Trinajstić information content (AvgIpc) is 2.14. The number of hydrogen-bond acceptors (Lipinski definition) is 3. The fourth-order valence-corrected chi connectivity index (χ4v) is 1.17. The molecule has 1 aliphatic rings. The van der Waals surface area contributed by atoms with Crippen molar-refractivity contribution in [3.8, 4) is 0 Å². The van der Waals surface area contributed by atoms with Crippen LogP contribution in [0.3, 0.4) is 0 Å². The summed E-state index contributed by atoms with van der Waals surface area (Å²) in [5.41, 5.74) is 9.91. The summed E-state index contributed by atoms with van der Waals surface area (Å²) in [7, 11) is -4.67. The Morgan fingerprint density at radius 3 is 2.50 bits per heavy atom. The molecule has 1 rings (SSSR count). The first-order valence-electron chi connectivity index (χ1n) is 4.17. The number of rotatable bonds is 2. The molecule has 0 unspecified atom stereocenters. The number of nitrogens with zero attached hydrogens (tertiary/aromatic N) is 2. The Hall–Kier alpha value is -0.781. The topological polar surface area (TPSA) is 130 Å². The van der Waals surface area contributed by atoms with Crippen LogP contribution in [0.15, 0.2) is 36.3 Å². The van der Waals surface area contributed by atoms with Crippen LogP contribution in [-0.2, 0) is 38.4 Å². The summed E-state index contributed by atoms with van der Waals surface area (Å²) >= 11 is 7.43. The number of hydrogen-bond donors (Lipinski definition) is 4. The Morgan fingerprint density at radius 1 is 1.56 bits per heavy atom. The molecule has 0 fully saturated rings. The molecule has 0 bridgehead atoms. The minimum atomic E-state index is -4.67. The van der Waals surface area contributed by atoms with E-state index in [0.717, 1.165) is 5.70 Å². The maximum Gasteiger partial charge on any atom is 0.394 e. The first-order valence-corrected chi connectivity index (χ1v) is 6.50. The van der Waals surface area contributed by atoms with Crippen LogP contribution >= 0.6 is 0 Å². The molecular formula is C7H11FeN4O4S2+. The Labute approximate surface area is 117 Å². The molecule has 5 N–H and O–H groups in total. The molecule has 0 spiro atoms. The molecular weight excluding hydrogens is 324 g/mol. The average molecular weight is 335 g/mol. The maximum atomic E-state index is 8.74. The van der Waals surface area contributed by atoms with E-state index >= 15 is 0 Å². The van der Waals surface area contributed by atoms with Crippen molar-refractivity contribution in [2.24, 2.45) is 5.73 Å². The van der Waals surface area contributed by atoms with Crippen LogP contribution in [0.25, 0.3) is 5.43 Å². The Bertz CT molecular complexity index is 504. The molecule has 0 saturated carbocycles. The van der Waals surface area contributed by atoms with E-state index in [-0.39, 0.29) is 5.11 Å². The molecule has 1 aliphatic heterocycles. The second kappa shape index (κ2) is 8.34. The van der Waals surface area contributed by atoms with Gasteiger partial charge in [0.2, 0.25) is 0 Å². The number of dihydropyridines is 1. The minimum absolute atomic E-state index is 0.169. The van der Waals surface area contributed by atoms with Crippen molar-refractivity contribution in [1.82, 2.24) is 5.32 Å². The van der Waals surface area contributed by atoms with Gasteiger partial charge in [-0.3, -0.25) is 9.11 Å². The number of thiol groups is 1. The zero-order chi connectivity index (χ0) is 14.2. The van der Waals surface area contributed by atoms with Crippen LogP contribution in [0.2, 0.25) is 0 Å². The van der Waals surface area contributed by atoms with Crippen LogP contribution in [0.4, 0.5) is 0 Å². The van der Waals surface area contributed by atoms with Crippen molar-refractivity contribution >= 4 is 27.7 Å². The molecule has 0 saturated heterocycles. The summed E-state index contributed by atoms with van der Waals surface area (Å²) in [6.07, 6.45) is 9.20. The molecule has 0 atom stereocenters. The standard InChI is InChI=1S/C7H8N4S.Fe.H2O4S/c8-7(12)11-10-5-6-3-1-2-4-9-6;;1-5(2,3)4/h1-5,9H,(H2,8,12);;(H2,1,2,3,4)/p+1. The molecule has 11 heteroatoms. The monoisotopic (exact) mass is 335 g/mol. The minimum Gasteiger partial charge on any atom is -0.264 e. The number of nitrogens with two attached hydrogens (primary N) is 1. The van der Waals surface area contributed by atoms with Gasteiger partial charge in [-0.25, -0.2) is 0 Å². The summed E-state index contributed by atoms with van der Waals surface area (Å²) in [4.78, 5) is 0. The molecule has 18 heavy (non-hydrogen) atoms. The van der Waals surface area contributed by atoms with Crippen molar-refractivity contribution < 1.29 is 37.0 Å². The summed E-state index contributed by atoms with van der Waals surface area (Å²) in [6.45, 7) is 0. The van der Waals surface area contributed by atoms with E-state index in [1.807, 2.05) is 24.4 Å². The van der Waals surface area contributed by atoms with Gasteiger partial charge in [0.15, 0.2) is 0 Å². The molecule has 0 aromatic carbocycles. The van der Waals surface area contributed by atoms with Crippen LogP contribution in [0, 0.1) is 0 Å². The van der Waals surface area contributed by atoms with Gasteiger partial charge in [-0.05, 0) is 0 Å². The molecule has 102 valence electrons. The molecule has 0 radical (unpaired) electrons. The maximum absolute atomic E-state index is 8.74. The van der Waals surface area contributed by atoms with Crippen LogP contribution in [0.5, 0.6) is 0 Å². The van der Waals surface area contributed by atoms with Gasteiger partial charge in [-0.15, -0.1) is 0 Å². The van der Waals surface area contributed by atoms with Gasteiger partial charge in [0.25, 0.3) is 0 Å². The zero-order valence-corrected chi connectivity index (χ0v) is 11.6. The van der Waals surface area contributed by atoms with Crippen molar-refractivity contribution in [1.29, 1.82) is 0 Å². The summed E-state index contributed by atoms with van der Waals surface area (Å²) in [6, 6.07) is 0. The van der Waals surface area contributed by atoms with E-state index in [2.05, 4.69) is 38.8 Å². The van der Waals surface area contributed by atoms with Gasteiger partial charge in [-0.2, -0.15) is 8.42 Å². The smallest absolute Gasteiger partial charge is 0.264 e. The van der Waals surface area contributed by atoms with Crippen molar-refractivity contribution in [3.63, 3.8) is 0 Å². The van der Waals surface area contributed by atoms with E-state index in [1.165, 1.54) is 3.65 Å². The Morgan fingerprint density at radius 2 is 2.11 bits per heavy atom. The second-order valence-electron chi connectivity index (χ2n) is 2.63. The van der Waals surface area contributed by atoms with Gasteiger partial charge in [-0.1, -0.05) is 0 Å². The van der Waals surface area contributed by atoms with Crippen molar-refractivity contribution in [2.45, 2.75) is 0 Å². The third-order valence-electron chi connectivity index (χ3n) is 1.17. The molecule has 8 nitrogen and oxygen atoms in total. The predicted octanol–water partition coefficient (Wildman–Crippen LogP) is -0.795. The predicted molar refractivity (Wildman–Crippen MR) is 65.2 cm³/mol. The molecule has 0 aromatic heterocycles. The summed E-state index contributed by atoms with van der Waals surface area (Å²) in [5, 5.41) is 3.17. The third kappa shape index (κ3) is 13.3. The molecule has 0 aliphatic carbocycles. The summed E-state index contributed by atoms with van der Waals surface area (Å²) in [5.74, 6) is 0. The number of allylic oxidation sites excluding steroid dienone is 3. The van der Waals surface area contributed by atoms with Crippen molar-refractivity contribution in [3.05, 3.63) is 41.8 Å². The van der Waals surface area contributed by atoms with Crippen molar-refractivity contribution in [2.75, 3.05) is 0 Å². The van der Waals surface area contributed by atoms with Crippen LogP contribution in [0.1, 0.15) is 0 Å².